The lowest BCUT2D eigenvalue weighted by atomic mass is 10.1. The third kappa shape index (κ3) is 3.69. The predicted molar refractivity (Wildman–Crippen MR) is 74.4 cm³/mol. The van der Waals surface area contributed by atoms with E-state index in [-0.39, 0.29) is 11.8 Å². The van der Waals surface area contributed by atoms with E-state index in [1.807, 2.05) is 6.07 Å². The number of hydrogen-bond donors (Lipinski definition) is 1. The monoisotopic (exact) mass is 269 g/mol. The van der Waals surface area contributed by atoms with Crippen LogP contribution in [0.1, 0.15) is 17.5 Å². The average Bonchev–Trinajstić information content (AvgIpc) is 2.70. The molecule has 1 aliphatic heterocycles. The molecular weight excluding hydrogens is 254 g/mol. The number of benzene rings is 1. The Bertz CT molecular complexity index is 570. The highest BCUT2D eigenvalue weighted by Gasteiger charge is 2.16. The molecule has 5 heteroatoms. The summed E-state index contributed by atoms with van der Waals surface area (Å²) in [6, 6.07) is 9.03. The van der Waals surface area contributed by atoms with Gasteiger partial charge in [0.1, 0.15) is 0 Å². The van der Waals surface area contributed by atoms with E-state index in [1.165, 1.54) is 6.08 Å². The quantitative estimate of drug-likeness (QED) is 0.811. The molecule has 20 heavy (non-hydrogen) atoms. The number of nitriles is 1. The van der Waals surface area contributed by atoms with Crippen LogP contribution in [0, 0.1) is 11.3 Å². The van der Waals surface area contributed by atoms with Crippen molar-refractivity contribution in [2.45, 2.75) is 6.42 Å². The Labute approximate surface area is 117 Å². The molecule has 0 bridgehead atoms. The van der Waals surface area contributed by atoms with Crippen LogP contribution >= 0.6 is 0 Å². The SMILES string of the molecule is N#Cc1ccc(C=CC(=O)N2CCNC(=O)CC2)cc1. The Morgan fingerprint density at radius 3 is 2.75 bits per heavy atom. The van der Waals surface area contributed by atoms with Crippen LogP contribution in [-0.2, 0) is 9.59 Å². The van der Waals surface area contributed by atoms with Crippen molar-refractivity contribution in [3.63, 3.8) is 0 Å². The van der Waals surface area contributed by atoms with E-state index in [9.17, 15) is 9.59 Å². The third-order valence-corrected chi connectivity index (χ3v) is 3.08. The van der Waals surface area contributed by atoms with Crippen LogP contribution in [0.15, 0.2) is 30.3 Å². The van der Waals surface area contributed by atoms with Gasteiger partial charge in [0.25, 0.3) is 0 Å². The highest BCUT2D eigenvalue weighted by Crippen LogP contribution is 2.06. The van der Waals surface area contributed by atoms with Crippen molar-refractivity contribution in [1.29, 1.82) is 5.26 Å². The number of amides is 2. The molecular formula is C15H15N3O2. The molecule has 1 aromatic carbocycles. The van der Waals surface area contributed by atoms with Crippen LogP contribution in [0.2, 0.25) is 0 Å². The molecule has 0 saturated carbocycles. The van der Waals surface area contributed by atoms with E-state index in [2.05, 4.69) is 5.32 Å². The molecule has 2 rings (SSSR count). The first-order valence-electron chi connectivity index (χ1n) is 6.43. The summed E-state index contributed by atoms with van der Waals surface area (Å²) in [7, 11) is 0. The van der Waals surface area contributed by atoms with E-state index >= 15 is 0 Å². The lowest BCUT2D eigenvalue weighted by molar-refractivity contribution is -0.125. The molecule has 0 unspecified atom stereocenters. The van der Waals surface area contributed by atoms with Crippen molar-refractivity contribution in [3.05, 3.63) is 41.5 Å². The largest absolute Gasteiger partial charge is 0.354 e. The minimum absolute atomic E-state index is 0.0172. The van der Waals surface area contributed by atoms with Gasteiger partial charge < -0.3 is 10.2 Å². The number of nitrogens with one attached hydrogen (secondary N) is 1. The van der Waals surface area contributed by atoms with Crippen LogP contribution in [-0.4, -0.2) is 36.3 Å². The summed E-state index contributed by atoms with van der Waals surface area (Å²) in [6.07, 6.45) is 3.55. The van der Waals surface area contributed by atoms with Crippen molar-refractivity contribution in [3.8, 4) is 6.07 Å². The van der Waals surface area contributed by atoms with E-state index in [0.717, 1.165) is 5.56 Å². The van der Waals surface area contributed by atoms with Crippen LogP contribution in [0.3, 0.4) is 0 Å². The smallest absolute Gasteiger partial charge is 0.246 e. The number of carbonyl (C=O) groups excluding carboxylic acids is 2. The lowest BCUT2D eigenvalue weighted by Crippen LogP contribution is -2.32. The highest BCUT2D eigenvalue weighted by atomic mass is 16.2. The summed E-state index contributed by atoms with van der Waals surface area (Å²) in [5, 5.41) is 11.4. The van der Waals surface area contributed by atoms with Gasteiger partial charge in [-0.3, -0.25) is 9.59 Å². The van der Waals surface area contributed by atoms with E-state index < -0.39 is 0 Å². The molecule has 102 valence electrons. The number of nitrogens with zero attached hydrogens (tertiary/aromatic N) is 2. The van der Waals surface area contributed by atoms with Crippen molar-refractivity contribution < 1.29 is 9.59 Å². The maximum atomic E-state index is 12.0. The first-order valence-corrected chi connectivity index (χ1v) is 6.43. The van der Waals surface area contributed by atoms with Gasteiger partial charge in [-0.05, 0) is 23.8 Å². The lowest BCUT2D eigenvalue weighted by Gasteiger charge is -2.17. The van der Waals surface area contributed by atoms with E-state index in [0.29, 0.717) is 31.6 Å². The van der Waals surface area contributed by atoms with Gasteiger partial charge >= 0.3 is 0 Å². The fraction of sp³-hybridized carbons (Fsp3) is 0.267. The topological polar surface area (TPSA) is 73.2 Å². The number of rotatable bonds is 2. The summed E-state index contributed by atoms with van der Waals surface area (Å²) < 4.78 is 0. The summed E-state index contributed by atoms with van der Waals surface area (Å²) in [5.74, 6) is -0.123. The standard InChI is InChI=1S/C15H15N3O2/c16-11-13-3-1-12(2-4-13)5-6-15(20)18-9-7-14(19)17-8-10-18/h1-6H,7-10H2,(H,17,19). The van der Waals surface area contributed by atoms with Crippen LogP contribution < -0.4 is 5.32 Å². The molecule has 1 fully saturated rings. The van der Waals surface area contributed by atoms with Gasteiger partial charge in [-0.15, -0.1) is 0 Å². The molecule has 2 amide bonds. The van der Waals surface area contributed by atoms with Gasteiger partial charge in [-0.1, -0.05) is 12.1 Å². The first-order chi connectivity index (χ1) is 9.69. The minimum Gasteiger partial charge on any atom is -0.354 e. The summed E-state index contributed by atoms with van der Waals surface area (Å²) in [4.78, 5) is 24.9. The van der Waals surface area contributed by atoms with Gasteiger partial charge in [0.15, 0.2) is 0 Å². The molecule has 0 aliphatic carbocycles. The van der Waals surface area contributed by atoms with Crippen molar-refractivity contribution >= 4 is 17.9 Å². The number of hydrogen-bond acceptors (Lipinski definition) is 3. The Morgan fingerprint density at radius 2 is 2.05 bits per heavy atom. The molecule has 1 aliphatic rings. The molecule has 1 heterocycles. The Hall–Kier alpha value is -2.61. The maximum Gasteiger partial charge on any atom is 0.246 e. The molecule has 0 atom stereocenters. The summed E-state index contributed by atoms with van der Waals surface area (Å²) in [5.41, 5.74) is 1.45. The van der Waals surface area contributed by atoms with Crippen molar-refractivity contribution in [2.24, 2.45) is 0 Å². The normalized spacial score (nSPS) is 15.6. The first kappa shape index (κ1) is 13.8. The highest BCUT2D eigenvalue weighted by molar-refractivity contribution is 5.92. The minimum atomic E-state index is -0.106. The Kier molecular flexibility index (Phi) is 4.51. The second-order valence-corrected chi connectivity index (χ2v) is 4.49. The van der Waals surface area contributed by atoms with Crippen LogP contribution in [0.4, 0.5) is 0 Å². The number of carbonyl (C=O) groups is 2. The maximum absolute atomic E-state index is 12.0. The Balaban J connectivity index is 1.97. The van der Waals surface area contributed by atoms with Gasteiger partial charge in [-0.2, -0.15) is 5.26 Å². The Morgan fingerprint density at radius 1 is 1.30 bits per heavy atom. The second-order valence-electron chi connectivity index (χ2n) is 4.49. The van der Waals surface area contributed by atoms with Crippen molar-refractivity contribution in [2.75, 3.05) is 19.6 Å². The predicted octanol–water partition coefficient (Wildman–Crippen LogP) is 0.920. The van der Waals surface area contributed by atoms with Gasteiger partial charge in [-0.25, -0.2) is 0 Å². The zero-order chi connectivity index (χ0) is 14.4. The summed E-state index contributed by atoms with van der Waals surface area (Å²) >= 11 is 0. The van der Waals surface area contributed by atoms with Gasteiger partial charge in [0.05, 0.1) is 11.6 Å². The fourth-order valence-electron chi connectivity index (χ4n) is 1.93. The molecule has 5 nitrogen and oxygen atoms in total. The van der Waals surface area contributed by atoms with Gasteiger partial charge in [0.2, 0.25) is 11.8 Å². The molecule has 0 radical (unpaired) electrons. The zero-order valence-electron chi connectivity index (χ0n) is 11.0. The van der Waals surface area contributed by atoms with Gasteiger partial charge in [0, 0.05) is 32.1 Å². The molecule has 1 saturated heterocycles. The van der Waals surface area contributed by atoms with Crippen LogP contribution in [0.25, 0.3) is 6.08 Å². The van der Waals surface area contributed by atoms with E-state index in [1.54, 1.807) is 35.2 Å². The molecule has 1 N–H and O–H groups in total. The fourth-order valence-corrected chi connectivity index (χ4v) is 1.93. The molecule has 0 aromatic heterocycles. The second kappa shape index (κ2) is 6.53. The van der Waals surface area contributed by atoms with Crippen molar-refractivity contribution in [1.82, 2.24) is 10.2 Å². The third-order valence-electron chi connectivity index (χ3n) is 3.08. The van der Waals surface area contributed by atoms with Crippen LogP contribution in [0.5, 0.6) is 0 Å². The summed E-state index contributed by atoms with van der Waals surface area (Å²) in [6.45, 7) is 1.47. The molecule has 0 spiro atoms. The zero-order valence-corrected chi connectivity index (χ0v) is 11.0. The molecule has 1 aromatic rings. The average molecular weight is 269 g/mol. The van der Waals surface area contributed by atoms with E-state index in [4.69, 9.17) is 5.26 Å².